The Labute approximate surface area is 90.9 Å². The summed E-state index contributed by atoms with van der Waals surface area (Å²) < 4.78 is 0. The van der Waals surface area contributed by atoms with Gasteiger partial charge in [0.15, 0.2) is 0 Å². The van der Waals surface area contributed by atoms with Crippen LogP contribution in [0.25, 0.3) is 0 Å². The normalized spacial score (nSPS) is 11.8. The molecule has 0 N–H and O–H groups in total. The number of halogens is 2. The summed E-state index contributed by atoms with van der Waals surface area (Å²) in [5.74, 6) is 0. The minimum atomic E-state index is 0. The predicted molar refractivity (Wildman–Crippen MR) is 45.0 cm³/mol. The molecule has 0 unspecified atom stereocenters. The van der Waals surface area contributed by atoms with Crippen LogP contribution in [0.2, 0.25) is 0 Å². The van der Waals surface area contributed by atoms with Crippen molar-refractivity contribution in [2.24, 2.45) is 0 Å². The van der Waals surface area contributed by atoms with Gasteiger partial charge in [-0.3, -0.25) is 15.5 Å². The predicted octanol–water partition coefficient (Wildman–Crippen LogP) is 2.94. The van der Waals surface area contributed by atoms with E-state index in [9.17, 15) is 0 Å². The zero-order valence-electron chi connectivity index (χ0n) is 6.88. The molecule has 1 aliphatic rings. The van der Waals surface area contributed by atoms with Crippen molar-refractivity contribution in [3.8, 4) is 0 Å². The van der Waals surface area contributed by atoms with Gasteiger partial charge in [0.25, 0.3) is 0 Å². The first-order valence-corrected chi connectivity index (χ1v) is 3.30. The van der Waals surface area contributed by atoms with Crippen molar-refractivity contribution in [2.75, 3.05) is 0 Å². The second kappa shape index (κ2) is 11.0. The molecule has 0 bridgehead atoms. The summed E-state index contributed by atoms with van der Waals surface area (Å²) in [6, 6.07) is 0. The molecule has 12 heavy (non-hydrogen) atoms. The van der Waals surface area contributed by atoms with Crippen LogP contribution in [0.3, 0.4) is 0 Å². The molecule has 0 nitrogen and oxygen atoms in total. The van der Waals surface area contributed by atoms with Crippen molar-refractivity contribution >= 4 is 0 Å². The van der Waals surface area contributed by atoms with Crippen molar-refractivity contribution in [3.63, 3.8) is 0 Å². The van der Waals surface area contributed by atoms with Crippen molar-refractivity contribution in [1.29, 1.82) is 0 Å². The Morgan fingerprint density at radius 1 is 1.50 bits per heavy atom. The summed E-state index contributed by atoms with van der Waals surface area (Å²) >= 11 is 0. The van der Waals surface area contributed by atoms with E-state index in [2.05, 4.69) is 24.8 Å². The molecule has 0 aromatic rings. The molecule has 0 aromatic heterocycles. The quantitative estimate of drug-likeness (QED) is 0.422. The van der Waals surface area contributed by atoms with E-state index in [1.807, 2.05) is 6.08 Å². The fourth-order valence-corrected chi connectivity index (χ4v) is 0.879. The fraction of sp³-hybridized carbons (Fsp3) is 0.333. The first kappa shape index (κ1) is 17.9. The van der Waals surface area contributed by atoms with Crippen LogP contribution >= 0.6 is 0 Å². The van der Waals surface area contributed by atoms with Gasteiger partial charge in [-0.05, 0) is 6.42 Å². The van der Waals surface area contributed by atoms with Crippen molar-refractivity contribution in [2.45, 2.75) is 19.3 Å². The number of hydrogen-bond donors (Lipinski definition) is 0. The number of rotatable bonds is 3. The van der Waals surface area contributed by atoms with Gasteiger partial charge in [-0.1, -0.05) is 12.5 Å². The number of hydrogen-bond acceptors (Lipinski definition) is 0. The summed E-state index contributed by atoms with van der Waals surface area (Å²) in [6.07, 6.45) is 12.7. The maximum atomic E-state index is 3.66. The van der Waals surface area contributed by atoms with Gasteiger partial charge < -0.3 is 0 Å². The molecule has 1 aliphatic carbocycles. The first-order chi connectivity index (χ1) is 4.43. The van der Waals surface area contributed by atoms with Crippen molar-refractivity contribution in [3.05, 3.63) is 36.5 Å². The summed E-state index contributed by atoms with van der Waals surface area (Å²) in [5, 5.41) is 0. The topological polar surface area (TPSA) is 0 Å². The molecule has 0 fully saturated rings. The molecule has 0 heterocycles. The van der Waals surface area contributed by atoms with Crippen LogP contribution in [0, 0.1) is 6.08 Å². The van der Waals surface area contributed by atoms with Gasteiger partial charge in [-0.15, -0.1) is 13.0 Å². The zero-order valence-corrected chi connectivity index (χ0v) is 10.5. The molecule has 0 saturated heterocycles. The second-order valence-corrected chi connectivity index (χ2v) is 2.14. The molecule has 0 saturated carbocycles. The van der Waals surface area contributed by atoms with E-state index in [1.165, 1.54) is 5.57 Å². The van der Waals surface area contributed by atoms with Crippen LogP contribution in [0.1, 0.15) is 19.3 Å². The van der Waals surface area contributed by atoms with Crippen molar-refractivity contribution in [1.82, 2.24) is 0 Å². The minimum absolute atomic E-state index is 0. The summed E-state index contributed by atoms with van der Waals surface area (Å²) in [4.78, 5) is 0. The third kappa shape index (κ3) is 6.65. The van der Waals surface area contributed by atoms with Crippen LogP contribution in [-0.2, 0) is 25.8 Å². The first-order valence-electron chi connectivity index (χ1n) is 3.30. The van der Waals surface area contributed by atoms with E-state index in [0.717, 1.165) is 19.3 Å². The monoisotopic (exact) mass is 339 g/mol. The minimum Gasteiger partial charge on any atom is -0.269 e. The Morgan fingerprint density at radius 2 is 2.17 bits per heavy atom. The van der Waals surface area contributed by atoms with Gasteiger partial charge in [0.1, 0.15) is 0 Å². The summed E-state index contributed by atoms with van der Waals surface area (Å²) in [6.45, 7) is 3.66. The molecule has 0 atom stereocenters. The van der Waals surface area contributed by atoms with Gasteiger partial charge >= 0.3 is 0 Å². The largest absolute Gasteiger partial charge is 0.269 e. The van der Waals surface area contributed by atoms with E-state index in [-0.39, 0.29) is 35.3 Å². The smallest absolute Gasteiger partial charge is 0 e. The molecule has 0 aliphatic heterocycles. The van der Waals surface area contributed by atoms with Gasteiger partial charge in [0.2, 0.25) is 0 Å². The van der Waals surface area contributed by atoms with Crippen LogP contribution in [0.4, 0.5) is 9.41 Å². The van der Waals surface area contributed by atoms with E-state index in [0.29, 0.717) is 0 Å². The molecule has 1 rings (SSSR count). The fourth-order valence-electron chi connectivity index (χ4n) is 0.879. The summed E-state index contributed by atoms with van der Waals surface area (Å²) in [7, 11) is 0. The van der Waals surface area contributed by atoms with E-state index in [4.69, 9.17) is 0 Å². The molecular weight excluding hydrogens is 325 g/mol. The second-order valence-electron chi connectivity index (χ2n) is 2.14. The molecule has 0 aromatic carbocycles. The average molecular weight is 338 g/mol. The Kier molecular flexibility index (Phi) is 16.3. The van der Waals surface area contributed by atoms with E-state index < -0.39 is 0 Å². The Bertz CT molecular complexity index is 162. The maximum Gasteiger partial charge on any atom is 0 e. The Balaban J connectivity index is -0.000000270. The van der Waals surface area contributed by atoms with Crippen LogP contribution in [0.5, 0.6) is 0 Å². The molecule has 0 amide bonds. The molecule has 3 heteroatoms. The zero-order chi connectivity index (χ0) is 6.53. The van der Waals surface area contributed by atoms with Crippen LogP contribution < -0.4 is 0 Å². The van der Waals surface area contributed by atoms with Crippen LogP contribution in [-0.4, -0.2) is 0 Å². The third-order valence-corrected chi connectivity index (χ3v) is 1.38. The maximum absolute atomic E-state index is 3.66. The van der Waals surface area contributed by atoms with E-state index in [1.54, 1.807) is 0 Å². The average Bonchev–Trinajstić information content (AvgIpc) is 2.34. The van der Waals surface area contributed by atoms with Crippen molar-refractivity contribution < 1.29 is 35.3 Å². The van der Waals surface area contributed by atoms with Crippen LogP contribution in [0.15, 0.2) is 30.4 Å². The number of allylic oxidation sites excluding steroid dienone is 5. The third-order valence-electron chi connectivity index (χ3n) is 1.38. The summed E-state index contributed by atoms with van der Waals surface area (Å²) in [5.41, 5.74) is 1.34. The van der Waals surface area contributed by atoms with Gasteiger partial charge in [0, 0.05) is 25.8 Å². The molecule has 0 radical (unpaired) electrons. The van der Waals surface area contributed by atoms with Gasteiger partial charge in [-0.25, -0.2) is 11.6 Å². The SMILES string of the molecule is C=CCCC1=[C-]CC=C1.F.F.[Hf]. The van der Waals surface area contributed by atoms with E-state index >= 15 is 0 Å². The molecule has 68 valence electrons. The standard InChI is InChI=1S/C9H11.2FH.Hf/c1-2-3-6-9-7-4-5-8-9;;;/h2,4,7H,1,3,5-6H2;2*1H;/q-1;;;. The molecule has 0 spiro atoms. The van der Waals surface area contributed by atoms with Gasteiger partial charge in [0.05, 0.1) is 0 Å². The van der Waals surface area contributed by atoms with Gasteiger partial charge in [-0.2, -0.15) is 6.08 Å². The Hall–Kier alpha value is -0.0499. The molecular formula is C9H13F2Hf-. The Morgan fingerprint density at radius 3 is 2.58 bits per heavy atom.